The van der Waals surface area contributed by atoms with Crippen LogP contribution in [0, 0.1) is 0 Å². The highest BCUT2D eigenvalue weighted by molar-refractivity contribution is 5.96. The molecular weight excluding hydrogens is 314 g/mol. The van der Waals surface area contributed by atoms with E-state index in [2.05, 4.69) is 10.3 Å². The Morgan fingerprint density at radius 1 is 1.33 bits per heavy atom. The normalized spacial score (nSPS) is 22.0. The summed E-state index contributed by atoms with van der Waals surface area (Å²) in [6.07, 6.45) is 2.75. The number of hydrogen-bond acceptors (Lipinski definition) is 4. The maximum Gasteiger partial charge on any atom is 0.290 e. The Morgan fingerprint density at radius 3 is 2.67 bits per heavy atom. The van der Waals surface area contributed by atoms with Crippen LogP contribution in [0.5, 0.6) is 0 Å². The molecule has 2 bridgehead atoms. The van der Waals surface area contributed by atoms with Crippen molar-refractivity contribution in [3.05, 3.63) is 33.7 Å². The summed E-state index contributed by atoms with van der Waals surface area (Å²) in [5, 5.41) is 9.75. The topological polar surface area (TPSA) is 120 Å². The summed E-state index contributed by atoms with van der Waals surface area (Å²) in [4.78, 5) is 48.9. The quantitative estimate of drug-likeness (QED) is 0.664. The molecular formula is C16H21N3O5. The Hall–Kier alpha value is -2.64. The van der Waals surface area contributed by atoms with Crippen LogP contribution in [0.4, 0.5) is 0 Å². The van der Waals surface area contributed by atoms with E-state index in [9.17, 15) is 14.4 Å². The van der Waals surface area contributed by atoms with E-state index < -0.39 is 0 Å². The number of nitrogens with zero attached hydrogens (tertiary/aromatic N) is 1. The first-order chi connectivity index (χ1) is 11.5. The van der Waals surface area contributed by atoms with Crippen molar-refractivity contribution >= 4 is 18.3 Å². The van der Waals surface area contributed by atoms with Gasteiger partial charge >= 0.3 is 0 Å². The van der Waals surface area contributed by atoms with Crippen molar-refractivity contribution < 1.29 is 19.5 Å². The lowest BCUT2D eigenvalue weighted by molar-refractivity contribution is -0.123. The van der Waals surface area contributed by atoms with Crippen LogP contribution in [0.3, 0.4) is 0 Å². The van der Waals surface area contributed by atoms with Crippen molar-refractivity contribution in [2.75, 3.05) is 6.54 Å². The van der Waals surface area contributed by atoms with Crippen molar-refractivity contribution in [2.45, 2.75) is 44.7 Å². The highest BCUT2D eigenvalue weighted by atomic mass is 16.3. The molecule has 1 aromatic rings. The SMILES string of the molecule is CCc1[nH]c(=O)ccc1C(=O)N1[C@@H]2CC[C@H]1CNC(=O)C2.O=CO. The minimum Gasteiger partial charge on any atom is -0.483 e. The van der Waals surface area contributed by atoms with Gasteiger partial charge in [0.15, 0.2) is 0 Å². The minimum atomic E-state index is -0.250. The van der Waals surface area contributed by atoms with E-state index in [0.29, 0.717) is 30.6 Å². The number of hydrogen-bond donors (Lipinski definition) is 3. The second kappa shape index (κ2) is 7.76. The summed E-state index contributed by atoms with van der Waals surface area (Å²) in [5.74, 6) is -0.0655. The standard InChI is InChI=1S/C15H19N3O3.CH2O2/c1-2-12-11(5-6-13(19)17-12)15(21)18-9-3-4-10(18)8-16-14(20)7-9;2-1-3/h5-6,9-10H,2-4,7-8H2,1H3,(H,16,20)(H,17,19);1H,(H,2,3)/t9-,10+;/m1./s1. The van der Waals surface area contributed by atoms with Gasteiger partial charge < -0.3 is 20.3 Å². The van der Waals surface area contributed by atoms with Crippen LogP contribution in [-0.4, -0.2) is 51.9 Å². The number of fused-ring (bicyclic) bond motifs is 2. The lowest BCUT2D eigenvalue weighted by atomic mass is 10.1. The zero-order valence-electron chi connectivity index (χ0n) is 13.4. The summed E-state index contributed by atoms with van der Waals surface area (Å²) in [5.41, 5.74) is 1.01. The molecule has 24 heavy (non-hydrogen) atoms. The largest absolute Gasteiger partial charge is 0.483 e. The smallest absolute Gasteiger partial charge is 0.290 e. The number of carboxylic acid groups (broad SMARTS) is 1. The monoisotopic (exact) mass is 335 g/mol. The highest BCUT2D eigenvalue weighted by Crippen LogP contribution is 2.30. The van der Waals surface area contributed by atoms with Crippen molar-refractivity contribution in [1.29, 1.82) is 0 Å². The van der Waals surface area contributed by atoms with Gasteiger partial charge in [0.25, 0.3) is 12.4 Å². The van der Waals surface area contributed by atoms with Crippen LogP contribution in [0.15, 0.2) is 16.9 Å². The number of aromatic amines is 1. The summed E-state index contributed by atoms with van der Waals surface area (Å²) >= 11 is 0. The van der Waals surface area contributed by atoms with Gasteiger partial charge in [-0.05, 0) is 25.3 Å². The number of rotatable bonds is 2. The molecule has 3 rings (SSSR count). The highest BCUT2D eigenvalue weighted by Gasteiger charge is 2.40. The average Bonchev–Trinajstić information content (AvgIpc) is 2.86. The van der Waals surface area contributed by atoms with Crippen molar-refractivity contribution in [3.63, 3.8) is 0 Å². The Bertz CT molecular complexity index is 685. The lowest BCUT2D eigenvalue weighted by Crippen LogP contribution is -2.43. The molecule has 2 aliphatic rings. The Labute approximate surface area is 138 Å². The molecule has 2 fully saturated rings. The van der Waals surface area contributed by atoms with Crippen LogP contribution < -0.4 is 10.9 Å². The first-order valence-electron chi connectivity index (χ1n) is 7.91. The number of amides is 2. The molecule has 2 aliphatic heterocycles. The predicted octanol–water partition coefficient (Wildman–Crippen LogP) is 0.131. The number of nitrogens with one attached hydrogen (secondary N) is 2. The first kappa shape index (κ1) is 17.7. The molecule has 0 spiro atoms. The van der Waals surface area contributed by atoms with Gasteiger partial charge in [0.1, 0.15) is 0 Å². The van der Waals surface area contributed by atoms with E-state index in [1.54, 1.807) is 6.07 Å². The van der Waals surface area contributed by atoms with Gasteiger partial charge in [-0.15, -0.1) is 0 Å². The maximum absolute atomic E-state index is 12.9. The summed E-state index contributed by atoms with van der Waals surface area (Å²) < 4.78 is 0. The molecule has 130 valence electrons. The molecule has 3 heterocycles. The second-order valence-electron chi connectivity index (χ2n) is 5.78. The Morgan fingerprint density at radius 2 is 2.00 bits per heavy atom. The van der Waals surface area contributed by atoms with Crippen molar-refractivity contribution in [1.82, 2.24) is 15.2 Å². The van der Waals surface area contributed by atoms with Gasteiger partial charge in [-0.3, -0.25) is 19.2 Å². The maximum atomic E-state index is 12.9. The van der Waals surface area contributed by atoms with Crippen molar-refractivity contribution in [3.8, 4) is 0 Å². The number of carbonyl (C=O) groups is 3. The summed E-state index contributed by atoms with van der Waals surface area (Å²) in [6, 6.07) is 3.02. The Balaban J connectivity index is 0.000000647. The molecule has 2 saturated heterocycles. The van der Waals surface area contributed by atoms with Gasteiger partial charge in [0.2, 0.25) is 11.5 Å². The van der Waals surface area contributed by atoms with Crippen molar-refractivity contribution in [2.24, 2.45) is 0 Å². The van der Waals surface area contributed by atoms with Gasteiger partial charge in [0, 0.05) is 36.8 Å². The molecule has 0 radical (unpaired) electrons. The number of aryl methyl sites for hydroxylation is 1. The summed E-state index contributed by atoms with van der Waals surface area (Å²) in [7, 11) is 0. The molecule has 2 amide bonds. The third-order valence-electron chi connectivity index (χ3n) is 4.39. The molecule has 0 unspecified atom stereocenters. The van der Waals surface area contributed by atoms with Gasteiger partial charge in [-0.25, -0.2) is 0 Å². The molecule has 0 aliphatic carbocycles. The zero-order valence-corrected chi connectivity index (χ0v) is 13.4. The first-order valence-corrected chi connectivity index (χ1v) is 7.91. The van der Waals surface area contributed by atoms with Crippen LogP contribution in [0.1, 0.15) is 42.2 Å². The van der Waals surface area contributed by atoms with E-state index in [1.807, 2.05) is 11.8 Å². The molecule has 2 atom stereocenters. The second-order valence-corrected chi connectivity index (χ2v) is 5.78. The number of pyridine rings is 1. The number of H-pyrrole nitrogens is 1. The average molecular weight is 335 g/mol. The fraction of sp³-hybridized carbons (Fsp3) is 0.500. The van der Waals surface area contributed by atoms with E-state index in [4.69, 9.17) is 9.90 Å². The van der Waals surface area contributed by atoms with Crippen LogP contribution in [0.2, 0.25) is 0 Å². The van der Waals surface area contributed by atoms with Crippen LogP contribution >= 0.6 is 0 Å². The van der Waals surface area contributed by atoms with Crippen LogP contribution in [0.25, 0.3) is 0 Å². The van der Waals surface area contributed by atoms with Crippen LogP contribution in [-0.2, 0) is 16.0 Å². The third-order valence-corrected chi connectivity index (χ3v) is 4.39. The lowest BCUT2D eigenvalue weighted by Gasteiger charge is -2.28. The minimum absolute atomic E-state index is 0.0113. The summed E-state index contributed by atoms with van der Waals surface area (Å²) in [6.45, 7) is 2.18. The van der Waals surface area contributed by atoms with E-state index in [1.165, 1.54) is 6.07 Å². The fourth-order valence-corrected chi connectivity index (χ4v) is 3.35. The number of aromatic nitrogens is 1. The Kier molecular flexibility index (Phi) is 5.73. The molecule has 3 N–H and O–H groups in total. The molecule has 8 nitrogen and oxygen atoms in total. The molecule has 1 aromatic heterocycles. The third kappa shape index (κ3) is 3.64. The number of carbonyl (C=O) groups excluding carboxylic acids is 2. The van der Waals surface area contributed by atoms with E-state index >= 15 is 0 Å². The zero-order chi connectivity index (χ0) is 17.7. The van der Waals surface area contributed by atoms with Gasteiger partial charge in [-0.1, -0.05) is 6.92 Å². The fourth-order valence-electron chi connectivity index (χ4n) is 3.35. The van der Waals surface area contributed by atoms with Gasteiger partial charge in [-0.2, -0.15) is 0 Å². The molecule has 8 heteroatoms. The van der Waals surface area contributed by atoms with E-state index in [0.717, 1.165) is 12.8 Å². The van der Waals surface area contributed by atoms with Gasteiger partial charge in [0.05, 0.1) is 5.56 Å². The molecule has 0 saturated carbocycles. The molecule has 0 aromatic carbocycles. The predicted molar refractivity (Wildman–Crippen MR) is 85.7 cm³/mol. The van der Waals surface area contributed by atoms with E-state index in [-0.39, 0.29) is 35.9 Å².